The second-order valence-electron chi connectivity index (χ2n) is 5.27. The van der Waals surface area contributed by atoms with E-state index in [4.69, 9.17) is 0 Å². The number of benzene rings is 1. The molecule has 0 radical (unpaired) electrons. The van der Waals surface area contributed by atoms with Gasteiger partial charge in [-0.2, -0.15) is 0 Å². The lowest BCUT2D eigenvalue weighted by molar-refractivity contribution is 0.102. The van der Waals surface area contributed by atoms with Crippen molar-refractivity contribution < 1.29 is 4.79 Å². The number of carbonyl (C=O) groups excluding carboxylic acids is 1. The number of nitrogens with one attached hydrogen (secondary N) is 1. The fourth-order valence-corrected chi connectivity index (χ4v) is 2.12. The summed E-state index contributed by atoms with van der Waals surface area (Å²) in [4.78, 5) is 22.5. The minimum atomic E-state index is -0.160. The smallest absolute Gasteiger partial charge is 0.255 e. The third-order valence-corrected chi connectivity index (χ3v) is 3.42. The summed E-state index contributed by atoms with van der Waals surface area (Å²) in [6.45, 7) is 0. The fourth-order valence-electron chi connectivity index (χ4n) is 2.12. The van der Waals surface area contributed by atoms with Crippen LogP contribution in [0.3, 0.4) is 0 Å². The zero-order chi connectivity index (χ0) is 16.2. The molecule has 2 aromatic heterocycles. The maximum absolute atomic E-state index is 12.2. The van der Waals surface area contributed by atoms with Gasteiger partial charge in [-0.15, -0.1) is 0 Å². The Bertz CT molecular complexity index is 777. The zero-order valence-electron chi connectivity index (χ0n) is 13.0. The summed E-state index contributed by atoms with van der Waals surface area (Å²) in [6.07, 6.45) is 6.80. The molecule has 1 amide bonds. The number of imidazole rings is 1. The summed E-state index contributed by atoms with van der Waals surface area (Å²) < 4.78 is 1.80. The predicted octanol–water partition coefficient (Wildman–Crippen LogP) is 2.59. The van der Waals surface area contributed by atoms with E-state index >= 15 is 0 Å². The van der Waals surface area contributed by atoms with Gasteiger partial charge in [-0.25, -0.2) is 9.97 Å². The number of rotatable bonds is 4. The highest BCUT2D eigenvalue weighted by molar-refractivity contribution is 6.04. The minimum absolute atomic E-state index is 0.160. The van der Waals surface area contributed by atoms with E-state index in [0.717, 1.165) is 11.5 Å². The summed E-state index contributed by atoms with van der Waals surface area (Å²) in [5.74, 6) is 0.586. The van der Waals surface area contributed by atoms with Crippen LogP contribution in [0.15, 0.2) is 61.3 Å². The van der Waals surface area contributed by atoms with E-state index in [2.05, 4.69) is 15.3 Å². The average Bonchev–Trinajstić information content (AvgIpc) is 3.10. The molecule has 1 N–H and O–H groups in total. The predicted molar refractivity (Wildman–Crippen MR) is 90.1 cm³/mol. The molecule has 0 atom stereocenters. The Hall–Kier alpha value is -3.15. The summed E-state index contributed by atoms with van der Waals surface area (Å²) in [7, 11) is 3.92. The van der Waals surface area contributed by atoms with E-state index in [1.807, 2.05) is 49.5 Å². The molecule has 116 valence electrons. The highest BCUT2D eigenvalue weighted by Gasteiger charge is 2.07. The zero-order valence-corrected chi connectivity index (χ0v) is 13.0. The Morgan fingerprint density at radius 3 is 2.48 bits per heavy atom. The number of anilines is 2. The molecule has 0 spiro atoms. The summed E-state index contributed by atoms with van der Waals surface area (Å²) >= 11 is 0. The second-order valence-corrected chi connectivity index (χ2v) is 5.27. The first-order valence-corrected chi connectivity index (χ1v) is 7.16. The Morgan fingerprint density at radius 2 is 1.91 bits per heavy atom. The van der Waals surface area contributed by atoms with Gasteiger partial charge in [0.2, 0.25) is 0 Å². The molecule has 3 aromatic rings. The number of pyridine rings is 1. The summed E-state index contributed by atoms with van der Waals surface area (Å²) in [6, 6.07) is 11.1. The number of nitrogens with zero attached hydrogens (tertiary/aromatic N) is 4. The minimum Gasteiger partial charge on any atom is -0.378 e. The van der Waals surface area contributed by atoms with Crippen molar-refractivity contribution in [2.75, 3.05) is 24.3 Å². The van der Waals surface area contributed by atoms with Crippen molar-refractivity contribution in [1.82, 2.24) is 14.5 Å². The van der Waals surface area contributed by atoms with Gasteiger partial charge in [0, 0.05) is 37.7 Å². The first-order valence-electron chi connectivity index (χ1n) is 7.16. The van der Waals surface area contributed by atoms with Crippen LogP contribution in [-0.4, -0.2) is 34.5 Å². The number of amides is 1. The molecule has 0 unspecified atom stereocenters. The van der Waals surface area contributed by atoms with Crippen LogP contribution in [0.1, 0.15) is 10.4 Å². The maximum atomic E-state index is 12.2. The number of hydrogen-bond donors (Lipinski definition) is 1. The van der Waals surface area contributed by atoms with Crippen molar-refractivity contribution in [3.63, 3.8) is 0 Å². The highest BCUT2D eigenvalue weighted by Crippen LogP contribution is 2.15. The molecule has 2 heterocycles. The van der Waals surface area contributed by atoms with Crippen LogP contribution in [0.5, 0.6) is 0 Å². The highest BCUT2D eigenvalue weighted by atomic mass is 16.1. The molecule has 0 aliphatic carbocycles. The van der Waals surface area contributed by atoms with Gasteiger partial charge < -0.3 is 10.2 Å². The van der Waals surface area contributed by atoms with Gasteiger partial charge in [0.15, 0.2) is 0 Å². The standard InChI is InChI=1S/C17H17N5O/c1-21(2)15-6-3-13(4-7-15)17(23)20-14-5-8-16(19-11-14)22-10-9-18-12-22/h3-12H,1-2H3,(H,20,23). The monoisotopic (exact) mass is 307 g/mol. The van der Waals surface area contributed by atoms with Gasteiger partial charge in [-0.1, -0.05) is 0 Å². The van der Waals surface area contributed by atoms with E-state index in [9.17, 15) is 4.79 Å². The molecule has 6 heteroatoms. The fraction of sp³-hybridized carbons (Fsp3) is 0.118. The van der Waals surface area contributed by atoms with Crippen LogP contribution < -0.4 is 10.2 Å². The molecule has 0 fully saturated rings. The van der Waals surface area contributed by atoms with Crippen molar-refractivity contribution in [3.05, 3.63) is 66.9 Å². The van der Waals surface area contributed by atoms with E-state index in [1.165, 1.54) is 0 Å². The quantitative estimate of drug-likeness (QED) is 0.804. The molecule has 0 bridgehead atoms. The molecule has 0 saturated heterocycles. The molecule has 6 nitrogen and oxygen atoms in total. The van der Waals surface area contributed by atoms with E-state index in [-0.39, 0.29) is 5.91 Å². The first-order chi connectivity index (χ1) is 11.1. The van der Waals surface area contributed by atoms with E-state index in [0.29, 0.717) is 11.3 Å². The third kappa shape index (κ3) is 3.37. The normalized spacial score (nSPS) is 10.3. The molecule has 0 aliphatic rings. The van der Waals surface area contributed by atoms with Crippen LogP contribution in [0.2, 0.25) is 0 Å². The largest absolute Gasteiger partial charge is 0.378 e. The number of hydrogen-bond acceptors (Lipinski definition) is 4. The molecule has 1 aromatic carbocycles. The lowest BCUT2D eigenvalue weighted by atomic mass is 10.2. The van der Waals surface area contributed by atoms with E-state index in [1.54, 1.807) is 35.4 Å². The van der Waals surface area contributed by atoms with Gasteiger partial charge in [0.1, 0.15) is 12.1 Å². The topological polar surface area (TPSA) is 63.1 Å². The Morgan fingerprint density at radius 1 is 1.13 bits per heavy atom. The Balaban J connectivity index is 1.70. The molecule has 0 aliphatic heterocycles. The lowest BCUT2D eigenvalue weighted by Gasteiger charge is -2.12. The van der Waals surface area contributed by atoms with Gasteiger partial charge in [-0.3, -0.25) is 9.36 Å². The van der Waals surface area contributed by atoms with Crippen molar-refractivity contribution >= 4 is 17.3 Å². The molecule has 3 rings (SSSR count). The van der Waals surface area contributed by atoms with Gasteiger partial charge in [-0.05, 0) is 36.4 Å². The van der Waals surface area contributed by atoms with Crippen LogP contribution >= 0.6 is 0 Å². The number of carbonyl (C=O) groups is 1. The third-order valence-electron chi connectivity index (χ3n) is 3.42. The van der Waals surface area contributed by atoms with Crippen molar-refractivity contribution in [2.24, 2.45) is 0 Å². The first kappa shape index (κ1) is 14.8. The maximum Gasteiger partial charge on any atom is 0.255 e. The van der Waals surface area contributed by atoms with Crippen molar-refractivity contribution in [3.8, 4) is 5.82 Å². The van der Waals surface area contributed by atoms with Crippen LogP contribution in [0.25, 0.3) is 5.82 Å². The van der Waals surface area contributed by atoms with Gasteiger partial charge in [0.25, 0.3) is 5.91 Å². The van der Waals surface area contributed by atoms with Gasteiger partial charge in [0.05, 0.1) is 11.9 Å². The van der Waals surface area contributed by atoms with E-state index < -0.39 is 0 Å². The molecule has 23 heavy (non-hydrogen) atoms. The summed E-state index contributed by atoms with van der Waals surface area (Å²) in [5, 5.41) is 2.84. The van der Waals surface area contributed by atoms with Crippen LogP contribution in [0, 0.1) is 0 Å². The Kier molecular flexibility index (Phi) is 4.05. The lowest BCUT2D eigenvalue weighted by Crippen LogP contribution is -2.13. The SMILES string of the molecule is CN(C)c1ccc(C(=O)Nc2ccc(-n3ccnc3)nc2)cc1. The average molecular weight is 307 g/mol. The van der Waals surface area contributed by atoms with Crippen LogP contribution in [0.4, 0.5) is 11.4 Å². The Labute approximate surface area is 134 Å². The van der Waals surface area contributed by atoms with Crippen LogP contribution in [-0.2, 0) is 0 Å². The van der Waals surface area contributed by atoms with Crippen molar-refractivity contribution in [2.45, 2.75) is 0 Å². The molecular formula is C17H17N5O. The molecular weight excluding hydrogens is 290 g/mol. The van der Waals surface area contributed by atoms with Crippen molar-refractivity contribution in [1.29, 1.82) is 0 Å². The van der Waals surface area contributed by atoms with Gasteiger partial charge >= 0.3 is 0 Å². The summed E-state index contributed by atoms with van der Waals surface area (Å²) in [5.41, 5.74) is 2.30. The molecule has 0 saturated carbocycles. The second kappa shape index (κ2) is 6.31. The number of aromatic nitrogens is 3.